The van der Waals surface area contributed by atoms with Gasteiger partial charge in [0.2, 0.25) is 0 Å². The van der Waals surface area contributed by atoms with Crippen molar-refractivity contribution in [3.63, 3.8) is 0 Å². The summed E-state index contributed by atoms with van der Waals surface area (Å²) in [6.45, 7) is 2.27. The number of nitrogens with one attached hydrogen (secondary N) is 2. The molecule has 2 atom stereocenters. The number of amides is 1. The predicted molar refractivity (Wildman–Crippen MR) is 87.4 cm³/mol. The van der Waals surface area contributed by atoms with Gasteiger partial charge in [0.15, 0.2) is 0 Å². The Hall–Kier alpha value is -2.01. The topological polar surface area (TPSA) is 61.4 Å². The van der Waals surface area contributed by atoms with Crippen LogP contribution in [0.4, 0.5) is 5.00 Å². The smallest absolute Gasteiger partial charge is 0.256 e. The van der Waals surface area contributed by atoms with Gasteiger partial charge in [-0.25, -0.2) is 0 Å². The molecule has 22 heavy (non-hydrogen) atoms. The third kappa shape index (κ3) is 2.16. The van der Waals surface area contributed by atoms with Crippen molar-refractivity contribution in [2.45, 2.75) is 32.4 Å². The second-order valence-electron chi connectivity index (χ2n) is 6.20. The molecule has 0 radical (unpaired) electrons. The molecule has 4 nitrogen and oxygen atoms in total. The number of carbonyl (C=O) groups is 1. The number of rotatable bonds is 1. The van der Waals surface area contributed by atoms with Crippen LogP contribution in [-0.2, 0) is 12.8 Å². The van der Waals surface area contributed by atoms with E-state index in [1.807, 2.05) is 12.1 Å². The molecule has 1 aliphatic heterocycles. The SMILES string of the molecule is C[C@@H]1CCc2c(sc3c2C(=O)N[C@H](c2ccc(O)cc2)N3)C1. The van der Waals surface area contributed by atoms with Crippen LogP contribution in [0.25, 0.3) is 0 Å². The number of hydrogen-bond donors (Lipinski definition) is 3. The average Bonchev–Trinajstić information content (AvgIpc) is 2.85. The van der Waals surface area contributed by atoms with Crippen molar-refractivity contribution in [3.8, 4) is 5.75 Å². The third-order valence-corrected chi connectivity index (χ3v) is 5.70. The first-order valence-electron chi connectivity index (χ1n) is 7.62. The molecule has 114 valence electrons. The first kappa shape index (κ1) is 13.6. The summed E-state index contributed by atoms with van der Waals surface area (Å²) in [5, 5.41) is 16.9. The van der Waals surface area contributed by atoms with E-state index in [4.69, 9.17) is 0 Å². The highest BCUT2D eigenvalue weighted by atomic mass is 32.1. The lowest BCUT2D eigenvalue weighted by atomic mass is 9.88. The first-order valence-corrected chi connectivity index (χ1v) is 8.44. The molecule has 2 aliphatic rings. The van der Waals surface area contributed by atoms with Crippen LogP contribution in [0.2, 0.25) is 0 Å². The third-order valence-electron chi connectivity index (χ3n) is 4.52. The van der Waals surface area contributed by atoms with Crippen LogP contribution in [-0.4, -0.2) is 11.0 Å². The highest BCUT2D eigenvalue weighted by molar-refractivity contribution is 7.16. The summed E-state index contributed by atoms with van der Waals surface area (Å²) in [6.07, 6.45) is 3.00. The molecule has 0 bridgehead atoms. The molecule has 0 saturated heterocycles. The monoisotopic (exact) mass is 314 g/mol. The van der Waals surface area contributed by atoms with Crippen molar-refractivity contribution in [2.75, 3.05) is 5.32 Å². The standard InChI is InChI=1S/C17H18N2O2S/c1-9-2-7-12-13(8-9)22-17-14(12)16(21)18-15(19-17)10-3-5-11(20)6-4-10/h3-6,9,15,19-20H,2,7-8H2,1H3,(H,18,21)/t9-,15+/m1/s1. The molecule has 1 aliphatic carbocycles. The Kier molecular flexibility index (Phi) is 3.11. The van der Waals surface area contributed by atoms with Gasteiger partial charge in [-0.2, -0.15) is 0 Å². The lowest BCUT2D eigenvalue weighted by molar-refractivity contribution is 0.0935. The normalized spacial score (nSPS) is 23.2. The van der Waals surface area contributed by atoms with E-state index in [1.54, 1.807) is 23.5 Å². The van der Waals surface area contributed by atoms with E-state index >= 15 is 0 Å². The van der Waals surface area contributed by atoms with E-state index < -0.39 is 0 Å². The van der Waals surface area contributed by atoms with E-state index in [0.717, 1.165) is 35.4 Å². The summed E-state index contributed by atoms with van der Waals surface area (Å²) in [5.41, 5.74) is 3.03. The molecule has 0 saturated carbocycles. The zero-order chi connectivity index (χ0) is 15.3. The van der Waals surface area contributed by atoms with Gasteiger partial charge in [-0.05, 0) is 48.4 Å². The fourth-order valence-corrected chi connectivity index (χ4v) is 4.73. The van der Waals surface area contributed by atoms with Gasteiger partial charge in [-0.3, -0.25) is 4.79 Å². The average molecular weight is 314 g/mol. The molecule has 1 aromatic heterocycles. The van der Waals surface area contributed by atoms with Crippen molar-refractivity contribution in [1.29, 1.82) is 0 Å². The maximum atomic E-state index is 12.6. The number of hydrogen-bond acceptors (Lipinski definition) is 4. The number of carbonyl (C=O) groups excluding carboxylic acids is 1. The van der Waals surface area contributed by atoms with Crippen molar-refractivity contribution in [3.05, 3.63) is 45.8 Å². The maximum Gasteiger partial charge on any atom is 0.256 e. The number of phenols is 1. The number of benzene rings is 1. The van der Waals surface area contributed by atoms with Crippen LogP contribution in [0.15, 0.2) is 24.3 Å². The van der Waals surface area contributed by atoms with Crippen LogP contribution < -0.4 is 10.6 Å². The molecule has 0 spiro atoms. The van der Waals surface area contributed by atoms with E-state index in [2.05, 4.69) is 17.6 Å². The highest BCUT2D eigenvalue weighted by Gasteiger charge is 2.32. The molecule has 4 rings (SSSR count). The Labute approximate surface area is 133 Å². The lowest BCUT2D eigenvalue weighted by Gasteiger charge is -2.27. The van der Waals surface area contributed by atoms with Gasteiger partial charge >= 0.3 is 0 Å². The van der Waals surface area contributed by atoms with Gasteiger partial charge in [-0.1, -0.05) is 19.1 Å². The quantitative estimate of drug-likeness (QED) is 0.756. The summed E-state index contributed by atoms with van der Waals surface area (Å²) in [4.78, 5) is 13.9. The molecule has 1 amide bonds. The molecule has 2 aromatic rings. The minimum Gasteiger partial charge on any atom is -0.508 e. The molecular formula is C17H18N2O2S. The Morgan fingerprint density at radius 3 is 2.77 bits per heavy atom. The van der Waals surface area contributed by atoms with Crippen molar-refractivity contribution >= 4 is 22.2 Å². The van der Waals surface area contributed by atoms with Gasteiger partial charge < -0.3 is 15.7 Å². The number of aromatic hydroxyl groups is 1. The van der Waals surface area contributed by atoms with Crippen LogP contribution in [0, 0.1) is 5.92 Å². The second-order valence-corrected chi connectivity index (χ2v) is 7.30. The number of thiophene rings is 1. The van der Waals surface area contributed by atoms with E-state index in [1.165, 1.54) is 10.4 Å². The van der Waals surface area contributed by atoms with Gasteiger partial charge in [0.1, 0.15) is 16.9 Å². The summed E-state index contributed by atoms with van der Waals surface area (Å²) >= 11 is 1.73. The van der Waals surface area contributed by atoms with Crippen LogP contribution in [0.1, 0.15) is 45.9 Å². The molecule has 0 fully saturated rings. The van der Waals surface area contributed by atoms with Gasteiger partial charge in [0, 0.05) is 4.88 Å². The minimum atomic E-state index is -0.238. The van der Waals surface area contributed by atoms with Crippen LogP contribution >= 0.6 is 11.3 Å². The maximum absolute atomic E-state index is 12.6. The Morgan fingerprint density at radius 2 is 2.00 bits per heavy atom. The summed E-state index contributed by atoms with van der Waals surface area (Å²) < 4.78 is 0. The van der Waals surface area contributed by atoms with E-state index in [0.29, 0.717) is 5.92 Å². The molecular weight excluding hydrogens is 296 g/mol. The molecule has 2 heterocycles. The Bertz CT molecular complexity index is 736. The fraction of sp³-hybridized carbons (Fsp3) is 0.353. The van der Waals surface area contributed by atoms with Gasteiger partial charge in [0.25, 0.3) is 5.91 Å². The zero-order valence-electron chi connectivity index (χ0n) is 12.3. The number of anilines is 1. The predicted octanol–water partition coefficient (Wildman–Crippen LogP) is 3.43. The summed E-state index contributed by atoms with van der Waals surface area (Å²) in [6, 6.07) is 6.93. The molecule has 1 aromatic carbocycles. The van der Waals surface area contributed by atoms with Crippen LogP contribution in [0.5, 0.6) is 5.75 Å². The van der Waals surface area contributed by atoms with E-state index in [9.17, 15) is 9.90 Å². The lowest BCUT2D eigenvalue weighted by Crippen LogP contribution is -2.38. The minimum absolute atomic E-state index is 0.0129. The van der Waals surface area contributed by atoms with Crippen molar-refractivity contribution in [1.82, 2.24) is 5.32 Å². The second kappa shape index (κ2) is 5.02. The summed E-state index contributed by atoms with van der Waals surface area (Å²) in [5.74, 6) is 0.939. The largest absolute Gasteiger partial charge is 0.508 e. The number of fused-ring (bicyclic) bond motifs is 3. The zero-order valence-corrected chi connectivity index (χ0v) is 13.2. The Balaban J connectivity index is 1.69. The highest BCUT2D eigenvalue weighted by Crippen LogP contribution is 2.42. The van der Waals surface area contributed by atoms with Crippen LogP contribution in [0.3, 0.4) is 0 Å². The van der Waals surface area contributed by atoms with Gasteiger partial charge in [-0.15, -0.1) is 11.3 Å². The first-order chi connectivity index (χ1) is 10.6. The van der Waals surface area contributed by atoms with Crippen molar-refractivity contribution < 1.29 is 9.90 Å². The van der Waals surface area contributed by atoms with E-state index in [-0.39, 0.29) is 17.8 Å². The molecule has 5 heteroatoms. The molecule has 0 unspecified atom stereocenters. The molecule has 3 N–H and O–H groups in total. The van der Waals surface area contributed by atoms with Gasteiger partial charge in [0.05, 0.1) is 5.56 Å². The summed E-state index contributed by atoms with van der Waals surface area (Å²) in [7, 11) is 0. The fourth-order valence-electron chi connectivity index (χ4n) is 3.30. The Morgan fingerprint density at radius 1 is 1.23 bits per heavy atom. The van der Waals surface area contributed by atoms with Crippen molar-refractivity contribution in [2.24, 2.45) is 5.92 Å². The number of phenolic OH excluding ortho intramolecular Hbond substituents is 1.